The fraction of sp³-hybridized carbons (Fsp3) is 0.714. The van der Waals surface area contributed by atoms with Crippen LogP contribution in [0.2, 0.25) is 0 Å². The van der Waals surface area contributed by atoms with Gasteiger partial charge in [-0.3, -0.25) is 4.79 Å². The number of carbonyl (C=O) groups is 2. The van der Waals surface area contributed by atoms with Gasteiger partial charge in [0.15, 0.2) is 6.10 Å². The summed E-state index contributed by atoms with van der Waals surface area (Å²) >= 11 is 0. The van der Waals surface area contributed by atoms with E-state index in [2.05, 4.69) is 9.47 Å². The predicted octanol–water partition coefficient (Wildman–Crippen LogP) is -0.527. The van der Waals surface area contributed by atoms with Crippen molar-refractivity contribution >= 4 is 11.9 Å². The van der Waals surface area contributed by atoms with E-state index < -0.39 is 18.0 Å². The molecule has 0 aromatic carbocycles. The van der Waals surface area contributed by atoms with E-state index >= 15 is 0 Å². The molecule has 12 heavy (non-hydrogen) atoms. The Morgan fingerprint density at radius 1 is 1.50 bits per heavy atom. The molecule has 0 fully saturated rings. The van der Waals surface area contributed by atoms with Crippen molar-refractivity contribution in [3.63, 3.8) is 0 Å². The standard InChI is InChI=1S/C7H12O5/c1-5(7(10)11-2)12-6(9)3-4-8/h5,8H,3-4H2,1-2H3. The molecule has 0 aromatic rings. The van der Waals surface area contributed by atoms with Crippen LogP contribution in [0.5, 0.6) is 0 Å². The van der Waals surface area contributed by atoms with Gasteiger partial charge in [0.1, 0.15) is 0 Å². The molecular formula is C7H12O5. The summed E-state index contributed by atoms with van der Waals surface area (Å²) < 4.78 is 8.88. The monoisotopic (exact) mass is 176 g/mol. The first kappa shape index (κ1) is 10.9. The van der Waals surface area contributed by atoms with Gasteiger partial charge in [-0.15, -0.1) is 0 Å². The van der Waals surface area contributed by atoms with Crippen molar-refractivity contribution in [3.05, 3.63) is 0 Å². The number of hydrogen-bond acceptors (Lipinski definition) is 5. The van der Waals surface area contributed by atoms with Gasteiger partial charge >= 0.3 is 11.9 Å². The number of aliphatic hydroxyl groups is 1. The number of methoxy groups -OCH3 is 1. The molecule has 0 spiro atoms. The SMILES string of the molecule is COC(=O)C(C)OC(=O)CCO. The van der Waals surface area contributed by atoms with Crippen LogP contribution >= 0.6 is 0 Å². The zero-order valence-electron chi connectivity index (χ0n) is 7.07. The quantitative estimate of drug-likeness (QED) is 0.583. The molecule has 0 radical (unpaired) electrons. The molecule has 0 amide bonds. The summed E-state index contributed by atoms with van der Waals surface area (Å²) in [4.78, 5) is 21.4. The Balaban J connectivity index is 3.75. The summed E-state index contributed by atoms with van der Waals surface area (Å²) in [6.07, 6.45) is -1.02. The molecule has 5 nitrogen and oxygen atoms in total. The highest BCUT2D eigenvalue weighted by atomic mass is 16.6. The van der Waals surface area contributed by atoms with E-state index in [1.54, 1.807) is 0 Å². The van der Waals surface area contributed by atoms with Crippen molar-refractivity contribution in [2.45, 2.75) is 19.4 Å². The second kappa shape index (κ2) is 5.54. The highest BCUT2D eigenvalue weighted by molar-refractivity contribution is 5.78. The minimum absolute atomic E-state index is 0.110. The topological polar surface area (TPSA) is 72.8 Å². The zero-order valence-corrected chi connectivity index (χ0v) is 7.07. The largest absolute Gasteiger partial charge is 0.466 e. The fourth-order valence-corrected chi connectivity index (χ4v) is 0.561. The average Bonchev–Trinajstić information content (AvgIpc) is 2.03. The number of aliphatic hydroxyl groups excluding tert-OH is 1. The van der Waals surface area contributed by atoms with Gasteiger partial charge in [-0.25, -0.2) is 4.79 Å². The summed E-state index contributed by atoms with van der Waals surface area (Å²) in [5, 5.41) is 8.33. The number of hydrogen-bond donors (Lipinski definition) is 1. The lowest BCUT2D eigenvalue weighted by atomic mass is 10.4. The summed E-state index contributed by atoms with van der Waals surface area (Å²) in [6.45, 7) is 1.12. The Labute approximate surface area is 70.3 Å². The molecular weight excluding hydrogens is 164 g/mol. The second-order valence-electron chi connectivity index (χ2n) is 2.13. The van der Waals surface area contributed by atoms with Crippen molar-refractivity contribution in [2.24, 2.45) is 0 Å². The van der Waals surface area contributed by atoms with Crippen molar-refractivity contribution in [1.82, 2.24) is 0 Å². The van der Waals surface area contributed by atoms with Crippen LogP contribution in [-0.2, 0) is 19.1 Å². The Morgan fingerprint density at radius 2 is 2.08 bits per heavy atom. The number of esters is 2. The van der Waals surface area contributed by atoms with E-state index in [0.717, 1.165) is 0 Å². The van der Waals surface area contributed by atoms with Crippen LogP contribution in [0.3, 0.4) is 0 Å². The van der Waals surface area contributed by atoms with E-state index in [1.165, 1.54) is 14.0 Å². The van der Waals surface area contributed by atoms with Gasteiger partial charge in [0, 0.05) is 0 Å². The first-order valence-corrected chi connectivity index (χ1v) is 3.50. The lowest BCUT2D eigenvalue weighted by Gasteiger charge is -2.09. The molecule has 0 heterocycles. The third-order valence-electron chi connectivity index (χ3n) is 1.16. The van der Waals surface area contributed by atoms with Crippen molar-refractivity contribution in [2.75, 3.05) is 13.7 Å². The van der Waals surface area contributed by atoms with Crippen LogP contribution in [0.4, 0.5) is 0 Å². The lowest BCUT2D eigenvalue weighted by molar-refractivity contribution is -0.165. The third kappa shape index (κ3) is 3.92. The Kier molecular flexibility index (Phi) is 5.03. The minimum atomic E-state index is -0.908. The molecule has 0 aromatic heterocycles. The first-order valence-electron chi connectivity index (χ1n) is 3.50. The van der Waals surface area contributed by atoms with E-state index in [0.29, 0.717) is 0 Å². The molecule has 1 N–H and O–H groups in total. The predicted molar refractivity (Wildman–Crippen MR) is 39.3 cm³/mol. The minimum Gasteiger partial charge on any atom is -0.466 e. The number of rotatable bonds is 4. The molecule has 0 aliphatic heterocycles. The van der Waals surface area contributed by atoms with Crippen molar-refractivity contribution < 1.29 is 24.2 Å². The van der Waals surface area contributed by atoms with Crippen LogP contribution < -0.4 is 0 Å². The van der Waals surface area contributed by atoms with Crippen LogP contribution in [0.15, 0.2) is 0 Å². The summed E-state index contributed by atoms with van der Waals surface area (Å²) in [5.74, 6) is -1.23. The first-order chi connectivity index (χ1) is 5.61. The van der Waals surface area contributed by atoms with Gasteiger partial charge in [0.05, 0.1) is 20.1 Å². The number of carbonyl (C=O) groups excluding carboxylic acids is 2. The van der Waals surface area contributed by atoms with E-state index in [-0.39, 0.29) is 13.0 Å². The second-order valence-corrected chi connectivity index (χ2v) is 2.13. The Hall–Kier alpha value is -1.10. The highest BCUT2D eigenvalue weighted by Crippen LogP contribution is 1.96. The molecule has 0 aliphatic carbocycles. The molecule has 1 unspecified atom stereocenters. The number of ether oxygens (including phenoxy) is 2. The van der Waals surface area contributed by atoms with Crippen molar-refractivity contribution in [1.29, 1.82) is 0 Å². The fourth-order valence-electron chi connectivity index (χ4n) is 0.561. The molecule has 1 atom stereocenters. The van der Waals surface area contributed by atoms with Gasteiger partial charge in [-0.05, 0) is 6.92 Å². The molecule has 70 valence electrons. The average molecular weight is 176 g/mol. The molecule has 0 rings (SSSR count). The lowest BCUT2D eigenvalue weighted by Crippen LogP contribution is -2.25. The van der Waals surface area contributed by atoms with E-state index in [4.69, 9.17) is 5.11 Å². The third-order valence-corrected chi connectivity index (χ3v) is 1.16. The molecule has 0 bridgehead atoms. The Morgan fingerprint density at radius 3 is 2.50 bits per heavy atom. The molecule has 5 heteroatoms. The van der Waals surface area contributed by atoms with Crippen LogP contribution in [0.25, 0.3) is 0 Å². The van der Waals surface area contributed by atoms with Crippen LogP contribution in [-0.4, -0.2) is 36.9 Å². The summed E-state index contributed by atoms with van der Waals surface area (Å²) in [6, 6.07) is 0. The van der Waals surface area contributed by atoms with E-state index in [9.17, 15) is 9.59 Å². The maximum atomic E-state index is 10.7. The van der Waals surface area contributed by atoms with Crippen LogP contribution in [0, 0.1) is 0 Å². The van der Waals surface area contributed by atoms with Gasteiger partial charge in [-0.2, -0.15) is 0 Å². The maximum absolute atomic E-state index is 10.7. The zero-order chi connectivity index (χ0) is 9.56. The van der Waals surface area contributed by atoms with Crippen molar-refractivity contribution in [3.8, 4) is 0 Å². The van der Waals surface area contributed by atoms with Gasteiger partial charge in [0.2, 0.25) is 0 Å². The van der Waals surface area contributed by atoms with Gasteiger partial charge in [0.25, 0.3) is 0 Å². The molecule has 0 saturated carbocycles. The highest BCUT2D eigenvalue weighted by Gasteiger charge is 2.17. The molecule has 0 saturated heterocycles. The van der Waals surface area contributed by atoms with Gasteiger partial charge in [-0.1, -0.05) is 0 Å². The van der Waals surface area contributed by atoms with Crippen LogP contribution in [0.1, 0.15) is 13.3 Å². The van der Waals surface area contributed by atoms with Gasteiger partial charge < -0.3 is 14.6 Å². The molecule has 0 aliphatic rings. The normalized spacial score (nSPS) is 11.9. The maximum Gasteiger partial charge on any atom is 0.346 e. The smallest absolute Gasteiger partial charge is 0.346 e. The summed E-state index contributed by atoms with van der Waals surface area (Å²) in [5.41, 5.74) is 0. The summed E-state index contributed by atoms with van der Waals surface area (Å²) in [7, 11) is 1.21. The van der Waals surface area contributed by atoms with E-state index in [1.807, 2.05) is 0 Å². The Bertz CT molecular complexity index is 165.